The molecule has 1 N–H and O–H groups in total. The molecule has 0 aliphatic heterocycles. The molecule has 0 fully saturated rings. The van der Waals surface area contributed by atoms with Crippen LogP contribution in [0.5, 0.6) is 5.75 Å². The Bertz CT molecular complexity index is 719. The van der Waals surface area contributed by atoms with Gasteiger partial charge in [-0.3, -0.25) is 9.59 Å². The van der Waals surface area contributed by atoms with E-state index in [2.05, 4.69) is 4.72 Å². The van der Waals surface area contributed by atoms with E-state index in [1.807, 2.05) is 0 Å². The van der Waals surface area contributed by atoms with Gasteiger partial charge >= 0.3 is 0 Å². The minimum Gasteiger partial charge on any atom is -0.482 e. The lowest BCUT2D eigenvalue weighted by molar-refractivity contribution is -0.130. The summed E-state index contributed by atoms with van der Waals surface area (Å²) in [6.07, 6.45) is 0. The third-order valence-electron chi connectivity index (χ3n) is 2.98. The topological polar surface area (TPSA) is 96.0 Å². The number of ether oxygens (including phenoxy) is 1. The van der Waals surface area contributed by atoms with Gasteiger partial charge in [0.05, 0.1) is 16.5 Å². The van der Waals surface area contributed by atoms with Crippen LogP contribution in [0.4, 0.5) is 0 Å². The summed E-state index contributed by atoms with van der Waals surface area (Å²) in [7, 11) is 2.33. The van der Waals surface area contributed by atoms with Crippen molar-refractivity contribution in [3.05, 3.63) is 23.2 Å². The second-order valence-corrected chi connectivity index (χ2v) is 7.46. The second kappa shape index (κ2) is 8.32. The van der Waals surface area contributed by atoms with Crippen molar-refractivity contribution in [1.29, 1.82) is 0 Å². The van der Waals surface area contributed by atoms with Crippen LogP contribution >= 0.6 is 11.6 Å². The smallest absolute Gasteiger partial charge is 0.259 e. The number of amides is 2. The third kappa shape index (κ3) is 5.66. The molecule has 0 aliphatic rings. The summed E-state index contributed by atoms with van der Waals surface area (Å²) in [6, 6.07) is 3.83. The van der Waals surface area contributed by atoms with Crippen molar-refractivity contribution in [3.8, 4) is 5.75 Å². The number of likely N-dealkylation sites (N-methyl/N-ethyl adjacent to an activating group) is 2. The first-order valence-corrected chi connectivity index (χ1v) is 8.73. The molecule has 0 heterocycles. The molecule has 2 amide bonds. The lowest BCUT2D eigenvalue weighted by Crippen LogP contribution is -2.36. The maximum Gasteiger partial charge on any atom is 0.259 e. The number of benzene rings is 1. The van der Waals surface area contributed by atoms with Crippen LogP contribution in [0.1, 0.15) is 0 Å². The minimum absolute atomic E-state index is 0.0448. The average molecular weight is 378 g/mol. The quantitative estimate of drug-likeness (QED) is 0.731. The Morgan fingerprint density at radius 3 is 2.21 bits per heavy atom. The van der Waals surface area contributed by atoms with Gasteiger partial charge in [-0.25, -0.2) is 13.1 Å². The number of hydrogen-bond acceptors (Lipinski definition) is 5. The summed E-state index contributed by atoms with van der Waals surface area (Å²) in [4.78, 5) is 25.5. The number of nitrogens with zero attached hydrogens (tertiary/aromatic N) is 2. The Morgan fingerprint density at radius 2 is 1.71 bits per heavy atom. The van der Waals surface area contributed by atoms with E-state index in [9.17, 15) is 18.0 Å². The van der Waals surface area contributed by atoms with E-state index in [-0.39, 0.29) is 40.6 Å². The molecule has 0 radical (unpaired) electrons. The van der Waals surface area contributed by atoms with E-state index in [0.29, 0.717) is 0 Å². The highest BCUT2D eigenvalue weighted by Gasteiger charge is 2.18. The zero-order chi connectivity index (χ0) is 18.5. The highest BCUT2D eigenvalue weighted by Crippen LogP contribution is 2.27. The molecule has 0 bridgehead atoms. The van der Waals surface area contributed by atoms with Crippen molar-refractivity contribution in [1.82, 2.24) is 14.5 Å². The van der Waals surface area contributed by atoms with Crippen LogP contribution in [0.15, 0.2) is 23.1 Å². The van der Waals surface area contributed by atoms with E-state index >= 15 is 0 Å². The van der Waals surface area contributed by atoms with Gasteiger partial charge in [0.1, 0.15) is 5.75 Å². The molecule has 0 spiro atoms. The molecule has 1 aromatic carbocycles. The largest absolute Gasteiger partial charge is 0.482 e. The van der Waals surface area contributed by atoms with Crippen LogP contribution in [0.3, 0.4) is 0 Å². The number of sulfonamides is 1. The molecule has 24 heavy (non-hydrogen) atoms. The predicted octanol–water partition coefficient (Wildman–Crippen LogP) is 0.174. The van der Waals surface area contributed by atoms with Gasteiger partial charge < -0.3 is 14.5 Å². The van der Waals surface area contributed by atoms with Gasteiger partial charge in [-0.05, 0) is 18.2 Å². The van der Waals surface area contributed by atoms with Crippen LogP contribution in [0.2, 0.25) is 5.02 Å². The highest BCUT2D eigenvalue weighted by molar-refractivity contribution is 7.89. The van der Waals surface area contributed by atoms with E-state index in [0.717, 1.165) is 0 Å². The number of rotatable bonds is 7. The van der Waals surface area contributed by atoms with E-state index < -0.39 is 10.0 Å². The van der Waals surface area contributed by atoms with Crippen LogP contribution in [0, 0.1) is 0 Å². The monoisotopic (exact) mass is 377 g/mol. The predicted molar refractivity (Wildman–Crippen MR) is 89.5 cm³/mol. The molecule has 0 unspecified atom stereocenters. The van der Waals surface area contributed by atoms with Crippen molar-refractivity contribution in [3.63, 3.8) is 0 Å². The van der Waals surface area contributed by atoms with Gasteiger partial charge in [0.15, 0.2) is 6.61 Å². The number of hydrogen-bond donors (Lipinski definition) is 1. The Morgan fingerprint density at radius 1 is 1.12 bits per heavy atom. The van der Waals surface area contributed by atoms with Crippen LogP contribution in [-0.4, -0.2) is 71.4 Å². The summed E-state index contributed by atoms with van der Waals surface area (Å²) < 4.78 is 31.7. The Kier molecular flexibility index (Phi) is 7.00. The standard InChI is InChI=1S/C14H20ClN3O5S/c1-17(2)13(19)8-16-24(21,22)10-5-6-12(11(15)7-10)23-9-14(20)18(3)4/h5-7,16H,8-9H2,1-4H3. The fraction of sp³-hybridized carbons (Fsp3) is 0.429. The Balaban J connectivity index is 2.82. The Labute approximate surface area is 146 Å². The summed E-state index contributed by atoms with van der Waals surface area (Å²) >= 11 is 5.99. The van der Waals surface area contributed by atoms with Gasteiger partial charge in [-0.15, -0.1) is 0 Å². The molecule has 1 rings (SSSR count). The number of carbonyl (C=O) groups excluding carboxylic acids is 2. The van der Waals surface area contributed by atoms with Crippen molar-refractivity contribution < 1.29 is 22.7 Å². The van der Waals surface area contributed by atoms with Crippen LogP contribution in [-0.2, 0) is 19.6 Å². The second-order valence-electron chi connectivity index (χ2n) is 5.28. The van der Waals surface area contributed by atoms with E-state index in [1.54, 1.807) is 14.1 Å². The minimum atomic E-state index is -3.89. The van der Waals surface area contributed by atoms with Crippen molar-refractivity contribution >= 4 is 33.4 Å². The molecule has 0 atom stereocenters. The first kappa shape index (κ1) is 20.2. The number of carbonyl (C=O) groups is 2. The van der Waals surface area contributed by atoms with Crippen molar-refractivity contribution in [2.75, 3.05) is 41.3 Å². The van der Waals surface area contributed by atoms with Crippen LogP contribution in [0.25, 0.3) is 0 Å². The Hall–Kier alpha value is -1.84. The molecule has 1 aromatic rings. The average Bonchev–Trinajstić information content (AvgIpc) is 2.50. The van der Waals surface area contributed by atoms with Crippen molar-refractivity contribution in [2.45, 2.75) is 4.90 Å². The molecule has 134 valence electrons. The maximum atomic E-state index is 12.1. The first-order chi connectivity index (χ1) is 11.0. The van der Waals surface area contributed by atoms with Gasteiger partial charge in [0, 0.05) is 28.2 Å². The molecular formula is C14H20ClN3O5S. The lowest BCUT2D eigenvalue weighted by atomic mass is 10.3. The molecule has 0 aromatic heterocycles. The number of nitrogens with one attached hydrogen (secondary N) is 1. The SMILES string of the molecule is CN(C)C(=O)CNS(=O)(=O)c1ccc(OCC(=O)N(C)C)c(Cl)c1. The molecule has 8 nitrogen and oxygen atoms in total. The summed E-state index contributed by atoms with van der Waals surface area (Å²) in [5.41, 5.74) is 0. The maximum absolute atomic E-state index is 12.1. The lowest BCUT2D eigenvalue weighted by Gasteiger charge is -2.14. The summed E-state index contributed by atoms with van der Waals surface area (Å²) in [5.74, 6) is -0.450. The normalized spacial score (nSPS) is 11.0. The fourth-order valence-corrected chi connectivity index (χ4v) is 2.73. The molecule has 0 saturated heterocycles. The van der Waals surface area contributed by atoms with Gasteiger partial charge in [0.25, 0.3) is 5.91 Å². The first-order valence-electron chi connectivity index (χ1n) is 6.87. The highest BCUT2D eigenvalue weighted by atomic mass is 35.5. The van der Waals surface area contributed by atoms with Gasteiger partial charge in [0.2, 0.25) is 15.9 Å². The zero-order valence-electron chi connectivity index (χ0n) is 13.9. The summed E-state index contributed by atoms with van der Waals surface area (Å²) in [5, 5.41) is 0.0448. The number of halogens is 1. The van der Waals surface area contributed by atoms with Crippen molar-refractivity contribution in [2.24, 2.45) is 0 Å². The molecule has 0 saturated carbocycles. The molecular weight excluding hydrogens is 358 g/mol. The molecule has 10 heteroatoms. The zero-order valence-corrected chi connectivity index (χ0v) is 15.4. The van der Waals surface area contributed by atoms with E-state index in [1.165, 1.54) is 42.1 Å². The summed E-state index contributed by atoms with van der Waals surface area (Å²) in [6.45, 7) is -0.572. The fourth-order valence-electron chi connectivity index (χ4n) is 1.43. The molecule has 0 aliphatic carbocycles. The van der Waals surface area contributed by atoms with Gasteiger partial charge in [-0.1, -0.05) is 11.6 Å². The van der Waals surface area contributed by atoms with Crippen LogP contribution < -0.4 is 9.46 Å². The van der Waals surface area contributed by atoms with Gasteiger partial charge in [-0.2, -0.15) is 0 Å². The third-order valence-corrected chi connectivity index (χ3v) is 4.67. The van der Waals surface area contributed by atoms with E-state index in [4.69, 9.17) is 16.3 Å².